The standard InChI is InChI=1S/C26H28N2O4/c1-2-31-19-15-13-18(14-16-19)27-24(29)17-32-26(30)25-20-9-5-3-4-6-11-22(20)28-23-12-8-7-10-21(23)25/h7-8,10,12-16H,2-6,9,11,17H2,1H3,(H,27,29). The molecule has 0 aliphatic heterocycles. The summed E-state index contributed by atoms with van der Waals surface area (Å²) in [5.74, 6) is -0.121. The van der Waals surface area contributed by atoms with Gasteiger partial charge in [-0.25, -0.2) is 4.79 Å². The maximum absolute atomic E-state index is 13.2. The van der Waals surface area contributed by atoms with Gasteiger partial charge in [0.25, 0.3) is 5.91 Å². The molecule has 6 nitrogen and oxygen atoms in total. The number of carbonyl (C=O) groups excluding carboxylic acids is 2. The Morgan fingerprint density at radius 2 is 1.72 bits per heavy atom. The molecule has 0 fully saturated rings. The minimum Gasteiger partial charge on any atom is -0.494 e. The second-order valence-electron chi connectivity index (χ2n) is 7.93. The lowest BCUT2D eigenvalue weighted by atomic mass is 9.91. The number of para-hydroxylation sites is 1. The first-order chi connectivity index (χ1) is 15.7. The molecule has 3 aromatic rings. The van der Waals surface area contributed by atoms with Gasteiger partial charge in [-0.15, -0.1) is 0 Å². The number of rotatable bonds is 6. The van der Waals surface area contributed by atoms with Gasteiger partial charge in [-0.1, -0.05) is 31.0 Å². The van der Waals surface area contributed by atoms with Crippen LogP contribution in [0.4, 0.5) is 5.69 Å². The molecular weight excluding hydrogens is 404 g/mol. The zero-order chi connectivity index (χ0) is 22.3. The lowest BCUT2D eigenvalue weighted by molar-refractivity contribution is -0.119. The van der Waals surface area contributed by atoms with E-state index >= 15 is 0 Å². The van der Waals surface area contributed by atoms with Crippen LogP contribution in [0.15, 0.2) is 48.5 Å². The van der Waals surface area contributed by atoms with E-state index in [9.17, 15) is 9.59 Å². The molecular formula is C26H28N2O4. The summed E-state index contributed by atoms with van der Waals surface area (Å²) in [4.78, 5) is 30.4. The fraction of sp³-hybridized carbons (Fsp3) is 0.346. The lowest BCUT2D eigenvalue weighted by Gasteiger charge is -2.18. The van der Waals surface area contributed by atoms with E-state index in [1.165, 1.54) is 6.42 Å². The van der Waals surface area contributed by atoms with Gasteiger partial charge >= 0.3 is 5.97 Å². The van der Waals surface area contributed by atoms with Crippen LogP contribution in [0.1, 0.15) is 54.2 Å². The summed E-state index contributed by atoms with van der Waals surface area (Å²) in [6, 6.07) is 14.7. The summed E-state index contributed by atoms with van der Waals surface area (Å²) in [5, 5.41) is 3.53. The number of nitrogens with zero attached hydrogens (tertiary/aromatic N) is 1. The van der Waals surface area contributed by atoms with Gasteiger partial charge in [0.1, 0.15) is 5.75 Å². The minimum absolute atomic E-state index is 0.350. The molecule has 1 heterocycles. The fourth-order valence-corrected chi connectivity index (χ4v) is 4.16. The molecule has 1 aliphatic carbocycles. The Hall–Kier alpha value is -3.41. The Balaban J connectivity index is 1.50. The molecule has 0 saturated carbocycles. The highest BCUT2D eigenvalue weighted by Crippen LogP contribution is 2.29. The number of aromatic nitrogens is 1. The van der Waals surface area contributed by atoms with Crippen molar-refractivity contribution in [2.75, 3.05) is 18.5 Å². The van der Waals surface area contributed by atoms with Crippen molar-refractivity contribution >= 4 is 28.5 Å². The van der Waals surface area contributed by atoms with E-state index in [-0.39, 0.29) is 12.5 Å². The van der Waals surface area contributed by atoms with Crippen molar-refractivity contribution in [2.24, 2.45) is 0 Å². The van der Waals surface area contributed by atoms with Gasteiger partial charge in [0, 0.05) is 16.8 Å². The van der Waals surface area contributed by atoms with Crippen molar-refractivity contribution in [3.05, 3.63) is 65.4 Å². The number of aryl methyl sites for hydroxylation is 1. The highest BCUT2D eigenvalue weighted by atomic mass is 16.5. The second-order valence-corrected chi connectivity index (χ2v) is 7.93. The molecule has 6 heteroatoms. The summed E-state index contributed by atoms with van der Waals surface area (Å²) in [6.45, 7) is 2.14. The highest BCUT2D eigenvalue weighted by Gasteiger charge is 2.23. The fourth-order valence-electron chi connectivity index (χ4n) is 4.16. The number of hydrogen-bond acceptors (Lipinski definition) is 5. The number of carbonyl (C=O) groups is 2. The van der Waals surface area contributed by atoms with Gasteiger partial charge in [0.15, 0.2) is 6.61 Å². The molecule has 1 aromatic heterocycles. The summed E-state index contributed by atoms with van der Waals surface area (Å²) in [6.07, 6.45) is 6.07. The van der Waals surface area contributed by atoms with Crippen LogP contribution in [0.3, 0.4) is 0 Å². The van der Waals surface area contributed by atoms with Gasteiger partial charge in [-0.2, -0.15) is 0 Å². The van der Waals surface area contributed by atoms with Crippen LogP contribution in [0.2, 0.25) is 0 Å². The van der Waals surface area contributed by atoms with E-state index in [1.807, 2.05) is 31.2 Å². The quantitative estimate of drug-likeness (QED) is 0.549. The van der Waals surface area contributed by atoms with E-state index in [4.69, 9.17) is 14.5 Å². The highest BCUT2D eigenvalue weighted by molar-refractivity contribution is 6.06. The molecule has 1 aliphatic rings. The van der Waals surface area contributed by atoms with E-state index in [1.54, 1.807) is 24.3 Å². The number of fused-ring (bicyclic) bond motifs is 2. The normalized spacial score (nSPS) is 13.5. The first-order valence-electron chi connectivity index (χ1n) is 11.3. The molecule has 0 radical (unpaired) electrons. The number of nitrogens with one attached hydrogen (secondary N) is 1. The van der Waals surface area contributed by atoms with Crippen molar-refractivity contribution < 1.29 is 19.1 Å². The Kier molecular flexibility index (Phi) is 7.00. The number of hydrogen-bond donors (Lipinski definition) is 1. The van der Waals surface area contributed by atoms with Crippen molar-refractivity contribution in [2.45, 2.75) is 45.4 Å². The van der Waals surface area contributed by atoms with E-state index in [0.29, 0.717) is 17.9 Å². The second kappa shape index (κ2) is 10.3. The largest absolute Gasteiger partial charge is 0.494 e. The van der Waals surface area contributed by atoms with E-state index < -0.39 is 5.97 Å². The number of esters is 1. The van der Waals surface area contributed by atoms with Crippen molar-refractivity contribution in [3.8, 4) is 5.75 Å². The molecule has 0 unspecified atom stereocenters. The van der Waals surface area contributed by atoms with Crippen LogP contribution in [-0.2, 0) is 22.4 Å². The van der Waals surface area contributed by atoms with Gasteiger partial charge in [-0.3, -0.25) is 9.78 Å². The summed E-state index contributed by atoms with van der Waals surface area (Å²) in [7, 11) is 0. The maximum Gasteiger partial charge on any atom is 0.339 e. The number of amides is 1. The molecule has 32 heavy (non-hydrogen) atoms. The molecule has 0 spiro atoms. The minimum atomic E-state index is -0.470. The number of ether oxygens (including phenoxy) is 2. The monoisotopic (exact) mass is 432 g/mol. The number of pyridine rings is 1. The van der Waals surface area contributed by atoms with Crippen LogP contribution >= 0.6 is 0 Å². The smallest absolute Gasteiger partial charge is 0.339 e. The molecule has 2 aromatic carbocycles. The third-order valence-electron chi connectivity index (χ3n) is 5.66. The number of anilines is 1. The third-order valence-corrected chi connectivity index (χ3v) is 5.66. The number of benzene rings is 2. The topological polar surface area (TPSA) is 77.5 Å². The average molecular weight is 433 g/mol. The summed E-state index contributed by atoms with van der Waals surface area (Å²) in [5.41, 5.74) is 3.92. The Morgan fingerprint density at radius 3 is 2.50 bits per heavy atom. The lowest BCUT2D eigenvalue weighted by Crippen LogP contribution is -2.22. The van der Waals surface area contributed by atoms with Crippen LogP contribution in [-0.4, -0.2) is 30.1 Å². The SMILES string of the molecule is CCOc1ccc(NC(=O)COC(=O)c2c3c(nc4ccccc24)CCCCCC3)cc1. The first kappa shape index (κ1) is 21.8. The Morgan fingerprint density at radius 1 is 0.969 bits per heavy atom. The van der Waals surface area contributed by atoms with Crippen LogP contribution < -0.4 is 10.1 Å². The van der Waals surface area contributed by atoms with E-state index in [0.717, 1.165) is 60.0 Å². The van der Waals surface area contributed by atoms with Gasteiger partial charge in [-0.05, 0) is 68.5 Å². The van der Waals surface area contributed by atoms with Gasteiger partial charge in [0.2, 0.25) is 0 Å². The van der Waals surface area contributed by atoms with Crippen molar-refractivity contribution in [1.82, 2.24) is 4.98 Å². The maximum atomic E-state index is 13.2. The average Bonchev–Trinajstić information content (AvgIpc) is 2.79. The molecule has 0 saturated heterocycles. The molecule has 1 N–H and O–H groups in total. The van der Waals surface area contributed by atoms with Crippen LogP contribution in [0.25, 0.3) is 10.9 Å². The molecule has 166 valence electrons. The molecule has 4 rings (SSSR count). The van der Waals surface area contributed by atoms with Crippen molar-refractivity contribution in [1.29, 1.82) is 0 Å². The summed E-state index contributed by atoms with van der Waals surface area (Å²) < 4.78 is 10.9. The van der Waals surface area contributed by atoms with Gasteiger partial charge in [0.05, 0.1) is 17.7 Å². The summed E-state index contributed by atoms with van der Waals surface area (Å²) >= 11 is 0. The van der Waals surface area contributed by atoms with E-state index in [2.05, 4.69) is 5.32 Å². The zero-order valence-electron chi connectivity index (χ0n) is 18.4. The van der Waals surface area contributed by atoms with Crippen LogP contribution in [0, 0.1) is 0 Å². The molecule has 0 bridgehead atoms. The molecule has 1 amide bonds. The predicted octanol–water partition coefficient (Wildman–Crippen LogP) is 5.09. The van der Waals surface area contributed by atoms with Crippen molar-refractivity contribution in [3.63, 3.8) is 0 Å². The Bertz CT molecular complexity index is 1110. The third kappa shape index (κ3) is 5.07. The zero-order valence-corrected chi connectivity index (χ0v) is 18.4. The van der Waals surface area contributed by atoms with Gasteiger partial charge < -0.3 is 14.8 Å². The predicted molar refractivity (Wildman–Crippen MR) is 124 cm³/mol. The van der Waals surface area contributed by atoms with Crippen LogP contribution in [0.5, 0.6) is 5.75 Å². The first-order valence-corrected chi connectivity index (χ1v) is 11.3. The molecule has 0 atom stereocenters. The Labute approximate surface area is 187 Å².